The van der Waals surface area contributed by atoms with E-state index in [-0.39, 0.29) is 6.03 Å². The molecule has 0 aliphatic carbocycles. The lowest BCUT2D eigenvalue weighted by Crippen LogP contribution is -2.34. The Morgan fingerprint density at radius 1 is 0.812 bits per heavy atom. The number of carbonyl (C=O) groups is 1. The minimum atomic E-state index is -0.244. The van der Waals surface area contributed by atoms with Crippen molar-refractivity contribution in [3.8, 4) is 22.6 Å². The van der Waals surface area contributed by atoms with Crippen LogP contribution in [0.5, 0.6) is 11.5 Å². The summed E-state index contributed by atoms with van der Waals surface area (Å²) in [5, 5.41) is 5.84. The molecule has 3 aromatic rings. The normalized spacial score (nSPS) is 10.7. The highest BCUT2D eigenvalue weighted by molar-refractivity contribution is 5.75. The third-order valence-corrected chi connectivity index (χ3v) is 5.14. The molecule has 0 aromatic heterocycles. The molecule has 0 bridgehead atoms. The van der Waals surface area contributed by atoms with Crippen molar-refractivity contribution >= 4 is 6.03 Å². The Morgan fingerprint density at radius 2 is 1.47 bits per heavy atom. The number of urea groups is 1. The summed E-state index contributed by atoms with van der Waals surface area (Å²) in [6.07, 6.45) is 0. The molecule has 0 saturated carbocycles. The summed E-state index contributed by atoms with van der Waals surface area (Å²) >= 11 is 0. The standard InChI is InChI=1S/C26H31N3O3/c1-29(2)18-19-12-14-20(15-13-19)23-10-6-5-8-21(23)16-27-26(30)28-17-22-9-7-11-24(31-3)25(22)32-4/h5-15H,16-18H2,1-4H3,(H2,27,28,30). The monoisotopic (exact) mass is 433 g/mol. The molecule has 0 fully saturated rings. The van der Waals surface area contributed by atoms with Gasteiger partial charge >= 0.3 is 6.03 Å². The first-order valence-corrected chi connectivity index (χ1v) is 10.6. The molecule has 0 aliphatic rings. The van der Waals surface area contributed by atoms with E-state index < -0.39 is 0 Å². The molecule has 2 amide bonds. The van der Waals surface area contributed by atoms with Crippen LogP contribution >= 0.6 is 0 Å². The van der Waals surface area contributed by atoms with Crippen LogP contribution in [-0.2, 0) is 19.6 Å². The van der Waals surface area contributed by atoms with Crippen molar-refractivity contribution in [2.75, 3.05) is 28.3 Å². The van der Waals surface area contributed by atoms with Crippen molar-refractivity contribution in [1.29, 1.82) is 0 Å². The molecule has 3 aromatic carbocycles. The zero-order valence-electron chi connectivity index (χ0n) is 19.1. The minimum absolute atomic E-state index is 0.244. The Kier molecular flexibility index (Phi) is 8.11. The number of para-hydroxylation sites is 1. The second kappa shape index (κ2) is 11.2. The van der Waals surface area contributed by atoms with E-state index in [4.69, 9.17) is 9.47 Å². The maximum absolute atomic E-state index is 12.4. The van der Waals surface area contributed by atoms with Gasteiger partial charge in [0, 0.05) is 25.2 Å². The molecule has 0 heterocycles. The zero-order chi connectivity index (χ0) is 22.9. The van der Waals surface area contributed by atoms with Crippen molar-refractivity contribution in [1.82, 2.24) is 15.5 Å². The Hall–Kier alpha value is -3.51. The lowest BCUT2D eigenvalue weighted by atomic mass is 9.98. The summed E-state index contributed by atoms with van der Waals surface area (Å²) in [5.41, 5.74) is 5.41. The maximum Gasteiger partial charge on any atom is 0.315 e. The second-order valence-electron chi connectivity index (χ2n) is 7.78. The Balaban J connectivity index is 1.62. The molecule has 0 aliphatic heterocycles. The Morgan fingerprint density at radius 3 is 2.12 bits per heavy atom. The highest BCUT2D eigenvalue weighted by atomic mass is 16.5. The number of rotatable bonds is 9. The highest BCUT2D eigenvalue weighted by Gasteiger charge is 2.11. The summed E-state index contributed by atoms with van der Waals surface area (Å²) in [7, 11) is 7.30. The van der Waals surface area contributed by atoms with Gasteiger partial charge in [0.05, 0.1) is 14.2 Å². The largest absolute Gasteiger partial charge is 0.493 e. The summed E-state index contributed by atoms with van der Waals surface area (Å²) < 4.78 is 10.7. The number of benzene rings is 3. The van der Waals surface area contributed by atoms with Gasteiger partial charge in [-0.2, -0.15) is 0 Å². The quantitative estimate of drug-likeness (QED) is 0.524. The predicted molar refractivity (Wildman–Crippen MR) is 128 cm³/mol. The van der Waals surface area contributed by atoms with Crippen LogP contribution in [0.4, 0.5) is 4.79 Å². The first-order chi connectivity index (χ1) is 15.5. The van der Waals surface area contributed by atoms with Gasteiger partial charge in [0.15, 0.2) is 11.5 Å². The molecule has 6 heteroatoms. The fourth-order valence-corrected chi connectivity index (χ4v) is 3.62. The summed E-state index contributed by atoms with van der Waals surface area (Å²) in [6, 6.07) is 22.0. The molecule has 32 heavy (non-hydrogen) atoms. The van der Waals surface area contributed by atoms with Crippen LogP contribution in [0, 0.1) is 0 Å². The fourth-order valence-electron chi connectivity index (χ4n) is 3.62. The molecule has 0 saturated heterocycles. The molecule has 6 nitrogen and oxygen atoms in total. The molecular formula is C26H31N3O3. The van der Waals surface area contributed by atoms with Gasteiger partial charge in [0.1, 0.15) is 0 Å². The van der Waals surface area contributed by atoms with Crippen molar-refractivity contribution in [3.05, 3.63) is 83.4 Å². The molecule has 0 atom stereocenters. The summed E-state index contributed by atoms with van der Waals surface area (Å²) in [5.74, 6) is 1.26. The zero-order valence-corrected chi connectivity index (χ0v) is 19.1. The van der Waals surface area contributed by atoms with Crippen molar-refractivity contribution in [2.24, 2.45) is 0 Å². The van der Waals surface area contributed by atoms with E-state index in [1.807, 2.05) is 36.4 Å². The Bertz CT molecular complexity index is 1030. The molecule has 0 unspecified atom stereocenters. The number of hydrogen-bond donors (Lipinski definition) is 2. The number of amides is 2. The van der Waals surface area contributed by atoms with Gasteiger partial charge in [-0.3, -0.25) is 0 Å². The van der Waals surface area contributed by atoms with E-state index in [0.717, 1.165) is 28.8 Å². The van der Waals surface area contributed by atoms with E-state index in [0.29, 0.717) is 24.6 Å². The van der Waals surface area contributed by atoms with E-state index in [1.54, 1.807) is 14.2 Å². The average Bonchev–Trinajstić information content (AvgIpc) is 2.81. The summed E-state index contributed by atoms with van der Waals surface area (Å²) in [4.78, 5) is 14.6. The van der Waals surface area contributed by atoms with E-state index in [9.17, 15) is 4.79 Å². The predicted octanol–water partition coefficient (Wildman–Crippen LogP) is 4.43. The molecule has 2 N–H and O–H groups in total. The lowest BCUT2D eigenvalue weighted by Gasteiger charge is -2.15. The van der Waals surface area contributed by atoms with Crippen LogP contribution in [0.3, 0.4) is 0 Å². The van der Waals surface area contributed by atoms with Gasteiger partial charge in [-0.1, -0.05) is 60.7 Å². The SMILES string of the molecule is COc1cccc(CNC(=O)NCc2ccccc2-c2ccc(CN(C)C)cc2)c1OC. The van der Waals surface area contributed by atoms with Crippen LogP contribution in [-0.4, -0.2) is 39.2 Å². The first kappa shape index (κ1) is 23.2. The number of carbonyl (C=O) groups excluding carboxylic acids is 1. The number of ether oxygens (including phenoxy) is 2. The molecule has 3 rings (SSSR count). The van der Waals surface area contributed by atoms with Crippen molar-refractivity contribution in [3.63, 3.8) is 0 Å². The van der Waals surface area contributed by atoms with Gasteiger partial charge in [-0.15, -0.1) is 0 Å². The minimum Gasteiger partial charge on any atom is -0.493 e. The van der Waals surface area contributed by atoms with E-state index >= 15 is 0 Å². The van der Waals surface area contributed by atoms with Gasteiger partial charge in [-0.05, 0) is 42.4 Å². The maximum atomic E-state index is 12.4. The van der Waals surface area contributed by atoms with Gasteiger partial charge in [0.2, 0.25) is 0 Å². The third kappa shape index (κ3) is 6.02. The fraction of sp³-hybridized carbons (Fsp3) is 0.269. The molecular weight excluding hydrogens is 402 g/mol. The molecule has 0 radical (unpaired) electrons. The Labute approximate surface area is 190 Å². The van der Waals surface area contributed by atoms with Gasteiger partial charge in [0.25, 0.3) is 0 Å². The van der Waals surface area contributed by atoms with Crippen LogP contribution in [0.25, 0.3) is 11.1 Å². The van der Waals surface area contributed by atoms with Gasteiger partial charge in [-0.25, -0.2) is 4.79 Å². The molecule has 0 spiro atoms. The van der Waals surface area contributed by atoms with Crippen LogP contribution < -0.4 is 20.1 Å². The summed E-state index contributed by atoms with van der Waals surface area (Å²) in [6.45, 7) is 1.67. The first-order valence-electron chi connectivity index (χ1n) is 10.6. The lowest BCUT2D eigenvalue weighted by molar-refractivity contribution is 0.240. The highest BCUT2D eigenvalue weighted by Crippen LogP contribution is 2.30. The van der Waals surface area contributed by atoms with E-state index in [1.165, 1.54) is 5.56 Å². The van der Waals surface area contributed by atoms with Crippen molar-refractivity contribution in [2.45, 2.75) is 19.6 Å². The molecule has 168 valence electrons. The smallest absolute Gasteiger partial charge is 0.315 e. The second-order valence-corrected chi connectivity index (χ2v) is 7.78. The number of hydrogen-bond acceptors (Lipinski definition) is 4. The third-order valence-electron chi connectivity index (χ3n) is 5.14. The number of nitrogens with one attached hydrogen (secondary N) is 2. The topological polar surface area (TPSA) is 62.8 Å². The number of methoxy groups -OCH3 is 2. The van der Waals surface area contributed by atoms with Crippen LogP contribution in [0.1, 0.15) is 16.7 Å². The average molecular weight is 434 g/mol. The van der Waals surface area contributed by atoms with Crippen LogP contribution in [0.15, 0.2) is 66.7 Å². The van der Waals surface area contributed by atoms with Gasteiger partial charge < -0.3 is 25.0 Å². The van der Waals surface area contributed by atoms with Crippen LogP contribution in [0.2, 0.25) is 0 Å². The number of nitrogens with zero attached hydrogens (tertiary/aromatic N) is 1. The van der Waals surface area contributed by atoms with Crippen molar-refractivity contribution < 1.29 is 14.3 Å². The van der Waals surface area contributed by atoms with E-state index in [2.05, 4.69) is 60.0 Å².